The summed E-state index contributed by atoms with van der Waals surface area (Å²) in [5, 5.41) is 105. The third kappa shape index (κ3) is 34.6. The first-order chi connectivity index (χ1) is 29.9. The number of aryl methyl sites for hydroxylation is 4. The third-order valence-electron chi connectivity index (χ3n) is 5.99. The zero-order valence-electron chi connectivity index (χ0n) is 33.7. The number of hydrogen-bond donors (Lipinski definition) is 0. The Morgan fingerprint density at radius 3 is 0.788 bits per heavy atom. The van der Waals surface area contributed by atoms with Crippen LogP contribution in [0.15, 0.2) is 85.2 Å². The van der Waals surface area contributed by atoms with Gasteiger partial charge in [-0.1, -0.05) is 24.3 Å². The molecule has 0 N–H and O–H groups in total. The standard InChI is InChI=1S/2C15H13N5.6NO3.2Y/c2*1-10-11(2)19-20-15(17-10)14-8-5-7-13(18-14)12-6-3-4-9-16-12;6*2-1(3)4;;/h2*3-9H,1-2H3;;;;;;;;/q;;6*-1;2*+3. The minimum atomic E-state index is -1.75. The van der Waals surface area contributed by atoms with Gasteiger partial charge in [0.2, 0.25) is 11.6 Å². The Labute approximate surface area is 417 Å². The van der Waals surface area contributed by atoms with Crippen molar-refractivity contribution in [1.29, 1.82) is 0 Å². The van der Waals surface area contributed by atoms with Crippen LogP contribution in [0, 0.1) is 120 Å². The molecule has 340 valence electrons. The monoisotopic (exact) mass is 1080 g/mol. The van der Waals surface area contributed by atoms with Crippen LogP contribution in [0.1, 0.15) is 22.8 Å². The second kappa shape index (κ2) is 36.5. The van der Waals surface area contributed by atoms with Gasteiger partial charge in [-0.3, -0.25) is 9.97 Å². The summed E-state index contributed by atoms with van der Waals surface area (Å²) in [4.78, 5) is 76.0. The Hall–Kier alpha value is -7.97. The van der Waals surface area contributed by atoms with E-state index in [0.717, 1.165) is 45.6 Å². The van der Waals surface area contributed by atoms with Crippen molar-refractivity contribution in [3.63, 3.8) is 0 Å². The minimum absolute atomic E-state index is 0. The van der Waals surface area contributed by atoms with Gasteiger partial charge < -0.3 is 91.9 Å². The van der Waals surface area contributed by atoms with Crippen LogP contribution in [-0.4, -0.2) is 80.8 Å². The first kappa shape index (κ1) is 64.7. The molecule has 36 heteroatoms. The summed E-state index contributed by atoms with van der Waals surface area (Å²) in [5.74, 6) is 1.07. The smallest absolute Gasteiger partial charge is 0.356 e. The van der Waals surface area contributed by atoms with Gasteiger partial charge in [-0.2, -0.15) is 10.2 Å². The maximum Gasteiger partial charge on any atom is 3.00 e. The molecule has 66 heavy (non-hydrogen) atoms. The van der Waals surface area contributed by atoms with Crippen molar-refractivity contribution in [3.05, 3.63) is 200 Å². The maximum absolute atomic E-state index is 8.25. The van der Waals surface area contributed by atoms with Gasteiger partial charge in [0.05, 0.1) is 76.1 Å². The molecule has 0 aliphatic rings. The second-order valence-electron chi connectivity index (χ2n) is 10.2. The van der Waals surface area contributed by atoms with Crippen LogP contribution in [0.2, 0.25) is 0 Å². The van der Waals surface area contributed by atoms with Gasteiger partial charge in [0.25, 0.3) is 0 Å². The van der Waals surface area contributed by atoms with E-state index in [0.29, 0.717) is 23.0 Å². The molecule has 0 atom stereocenters. The first-order valence-electron chi connectivity index (χ1n) is 15.9. The zero-order chi connectivity index (χ0) is 49.4. The molecule has 6 heterocycles. The van der Waals surface area contributed by atoms with E-state index in [-0.39, 0.29) is 65.4 Å². The van der Waals surface area contributed by atoms with Crippen LogP contribution in [-0.2, 0) is 65.4 Å². The summed E-state index contributed by atoms with van der Waals surface area (Å²) in [7, 11) is 0. The third-order valence-corrected chi connectivity index (χ3v) is 5.99. The molecule has 0 saturated carbocycles. The predicted octanol–water partition coefficient (Wildman–Crippen LogP) is 3.79. The number of hydrogen-bond acceptors (Lipinski definition) is 28. The van der Waals surface area contributed by atoms with Crippen LogP contribution >= 0.6 is 0 Å². The largest absolute Gasteiger partial charge is 3.00 e. The van der Waals surface area contributed by atoms with Gasteiger partial charge >= 0.3 is 65.4 Å². The van der Waals surface area contributed by atoms with E-state index in [2.05, 4.69) is 50.3 Å². The quantitative estimate of drug-likeness (QED) is 0.179. The van der Waals surface area contributed by atoms with Gasteiger partial charge in [-0.15, -0.1) is 10.2 Å². The van der Waals surface area contributed by atoms with Crippen LogP contribution in [0.25, 0.3) is 45.8 Å². The average Bonchev–Trinajstić information content (AvgIpc) is 3.20. The van der Waals surface area contributed by atoms with Gasteiger partial charge in [-0.05, 0) is 76.2 Å². The van der Waals surface area contributed by atoms with Gasteiger partial charge in [0.15, 0.2) is 0 Å². The fourth-order valence-electron chi connectivity index (χ4n) is 3.56. The van der Waals surface area contributed by atoms with Crippen molar-refractivity contribution in [2.75, 3.05) is 0 Å². The summed E-state index contributed by atoms with van der Waals surface area (Å²) in [6.45, 7) is 7.60. The summed E-state index contributed by atoms with van der Waals surface area (Å²) >= 11 is 0. The molecule has 6 aromatic heterocycles. The molecule has 0 aromatic carbocycles. The Morgan fingerprint density at radius 1 is 0.318 bits per heavy atom. The Balaban J connectivity index is -0.000000387. The Bertz CT molecular complexity index is 2170. The van der Waals surface area contributed by atoms with Crippen LogP contribution in [0.4, 0.5) is 0 Å². The van der Waals surface area contributed by atoms with E-state index < -0.39 is 30.5 Å². The fourth-order valence-corrected chi connectivity index (χ4v) is 3.56. The van der Waals surface area contributed by atoms with Crippen molar-refractivity contribution in [2.24, 2.45) is 0 Å². The molecule has 6 aromatic rings. The Kier molecular flexibility index (Phi) is 35.8. The Morgan fingerprint density at radius 2 is 0.561 bits per heavy atom. The van der Waals surface area contributed by atoms with Crippen molar-refractivity contribution >= 4 is 0 Å². The molecule has 0 unspecified atom stereocenters. The van der Waals surface area contributed by atoms with Crippen LogP contribution in [0.5, 0.6) is 0 Å². The van der Waals surface area contributed by atoms with Crippen LogP contribution < -0.4 is 0 Å². The molecule has 0 aliphatic heterocycles. The number of rotatable bonds is 4. The normalized spacial score (nSPS) is 8.55. The van der Waals surface area contributed by atoms with Crippen molar-refractivity contribution in [1.82, 2.24) is 50.3 Å². The minimum Gasteiger partial charge on any atom is -0.356 e. The maximum atomic E-state index is 8.25. The first-order valence-corrected chi connectivity index (χ1v) is 15.9. The van der Waals surface area contributed by atoms with Crippen molar-refractivity contribution in [2.45, 2.75) is 27.7 Å². The van der Waals surface area contributed by atoms with Crippen molar-refractivity contribution in [3.8, 4) is 45.8 Å². The molecule has 0 aliphatic carbocycles. The molecule has 0 saturated heterocycles. The summed E-state index contributed by atoms with van der Waals surface area (Å²) in [5.41, 5.74) is 8.02. The number of pyridine rings is 4. The summed E-state index contributed by atoms with van der Waals surface area (Å²) in [6, 6.07) is 22.9. The van der Waals surface area contributed by atoms with E-state index >= 15 is 0 Å². The number of nitrogens with zero attached hydrogens (tertiary/aromatic N) is 16. The number of aromatic nitrogens is 10. The van der Waals surface area contributed by atoms with Gasteiger partial charge in [-0.25, -0.2) is 19.9 Å². The van der Waals surface area contributed by atoms with E-state index in [1.807, 2.05) is 100 Å². The van der Waals surface area contributed by atoms with Gasteiger partial charge in [0, 0.05) is 12.4 Å². The summed E-state index contributed by atoms with van der Waals surface area (Å²) in [6.07, 6.45) is 3.50. The second-order valence-corrected chi connectivity index (χ2v) is 10.2. The molecule has 0 bridgehead atoms. The molecule has 0 amide bonds. The van der Waals surface area contributed by atoms with E-state index in [4.69, 9.17) is 91.9 Å². The molecular weight excluding hydrogens is 1050 g/mol. The van der Waals surface area contributed by atoms with Crippen molar-refractivity contribution < 1.29 is 95.9 Å². The van der Waals surface area contributed by atoms with Crippen LogP contribution in [0.3, 0.4) is 0 Å². The molecular formula is C30H26N16O18Y2. The average molecular weight is 1080 g/mol. The molecule has 0 spiro atoms. The molecule has 34 nitrogen and oxygen atoms in total. The molecule has 6 rings (SSSR count). The zero-order valence-corrected chi connectivity index (χ0v) is 39.4. The fraction of sp³-hybridized carbons (Fsp3) is 0.133. The topological polar surface area (TPSA) is 526 Å². The molecule has 0 radical (unpaired) electrons. The van der Waals surface area contributed by atoms with E-state index in [1.54, 1.807) is 12.4 Å². The van der Waals surface area contributed by atoms with Gasteiger partial charge in [0.1, 0.15) is 11.4 Å². The predicted molar refractivity (Wildman–Crippen MR) is 214 cm³/mol. The summed E-state index contributed by atoms with van der Waals surface area (Å²) < 4.78 is 0. The molecule has 0 fully saturated rings. The van der Waals surface area contributed by atoms with E-state index in [9.17, 15) is 0 Å². The SMILES string of the molecule is Cc1nnc(-c2cccc(-c3ccccn3)n2)nc1C.Cc1nnc(-c2cccc(-c3ccccn3)n2)nc1C.O=[N+]([O-])[O-].O=[N+]([O-])[O-].O=[N+]([O-])[O-].O=[N+]([O-])[O-].O=[N+]([O-])[O-].O=[N+]([O-])[O-].[Y+3].[Y+3]. The van der Waals surface area contributed by atoms with E-state index in [1.165, 1.54) is 0 Å².